The molecular formula is C64H36N10. The zero-order chi connectivity index (χ0) is 50.6. The van der Waals surface area contributed by atoms with E-state index in [0.717, 1.165) is 88.1 Å². The third-order valence-electron chi connectivity index (χ3n) is 13.6. The average Bonchev–Trinajstić information content (AvgIpc) is 3.95. The Kier molecular flexibility index (Phi) is 10.6. The van der Waals surface area contributed by atoms with Gasteiger partial charge in [0.2, 0.25) is 0 Å². The Morgan fingerprint density at radius 3 is 1.07 bits per heavy atom. The molecule has 0 spiro atoms. The van der Waals surface area contributed by atoms with Crippen LogP contribution in [-0.4, -0.2) is 24.1 Å². The predicted octanol–water partition coefficient (Wildman–Crippen LogP) is 15.1. The van der Waals surface area contributed by atoms with Crippen molar-refractivity contribution in [1.82, 2.24) is 24.1 Å². The normalized spacial score (nSPS) is 11.0. The summed E-state index contributed by atoms with van der Waals surface area (Å²) >= 11 is 0. The maximum Gasteiger partial charge on any atom is 0.187 e. The van der Waals surface area contributed by atoms with Crippen LogP contribution in [0.25, 0.3) is 116 Å². The van der Waals surface area contributed by atoms with E-state index in [1.165, 1.54) is 0 Å². The molecule has 3 aromatic heterocycles. The molecule has 12 aromatic rings. The Hall–Kier alpha value is -11.0. The summed E-state index contributed by atoms with van der Waals surface area (Å²) in [5, 5.41) is 44.4. The zero-order valence-electron chi connectivity index (χ0n) is 39.8. The Balaban J connectivity index is 1.20. The van der Waals surface area contributed by atoms with E-state index in [2.05, 4.69) is 116 Å². The van der Waals surface area contributed by atoms with Crippen molar-refractivity contribution in [2.45, 2.75) is 13.8 Å². The van der Waals surface area contributed by atoms with Crippen LogP contribution < -0.4 is 0 Å². The van der Waals surface area contributed by atoms with E-state index in [9.17, 15) is 21.0 Å². The summed E-state index contributed by atoms with van der Waals surface area (Å²) in [7, 11) is 0. The lowest BCUT2D eigenvalue weighted by Gasteiger charge is -2.20. The van der Waals surface area contributed by atoms with Crippen LogP contribution in [0.3, 0.4) is 0 Å². The number of benzene rings is 9. The molecule has 0 saturated carbocycles. The summed E-state index contributed by atoms with van der Waals surface area (Å²) in [6, 6.07) is 68.6. The first-order valence-electron chi connectivity index (χ1n) is 23.7. The minimum atomic E-state index is 0.402. The molecule has 9 aromatic carbocycles. The molecule has 0 amide bonds. The van der Waals surface area contributed by atoms with Crippen molar-refractivity contribution in [3.8, 4) is 91.5 Å². The molecule has 0 aliphatic carbocycles. The summed E-state index contributed by atoms with van der Waals surface area (Å²) in [4.78, 5) is 18.5. The van der Waals surface area contributed by atoms with Crippen molar-refractivity contribution in [3.05, 3.63) is 227 Å². The van der Waals surface area contributed by atoms with E-state index in [0.29, 0.717) is 62.4 Å². The van der Waals surface area contributed by atoms with Gasteiger partial charge in [-0.05, 0) is 161 Å². The van der Waals surface area contributed by atoms with E-state index >= 15 is 0 Å². The first-order chi connectivity index (χ1) is 36.2. The van der Waals surface area contributed by atoms with Gasteiger partial charge in [-0.1, -0.05) is 78.9 Å². The molecule has 0 aliphatic rings. The molecule has 0 fully saturated rings. The highest BCUT2D eigenvalue weighted by molar-refractivity contribution is 6.14. The molecule has 0 aliphatic heterocycles. The average molecular weight is 945 g/mol. The van der Waals surface area contributed by atoms with Gasteiger partial charge in [0.1, 0.15) is 11.6 Å². The van der Waals surface area contributed by atoms with Crippen molar-refractivity contribution in [2.75, 3.05) is 0 Å². The van der Waals surface area contributed by atoms with Crippen LogP contribution in [0.2, 0.25) is 0 Å². The molecule has 3 heterocycles. The van der Waals surface area contributed by atoms with Gasteiger partial charge >= 0.3 is 0 Å². The number of rotatable bonds is 7. The van der Waals surface area contributed by atoms with Gasteiger partial charge in [0.15, 0.2) is 11.5 Å². The molecular weight excluding hydrogens is 909 g/mol. The van der Waals surface area contributed by atoms with Gasteiger partial charge in [0.05, 0.1) is 92.1 Å². The molecule has 10 heteroatoms. The van der Waals surface area contributed by atoms with Crippen LogP contribution in [0.5, 0.6) is 0 Å². The lowest BCUT2D eigenvalue weighted by Crippen LogP contribution is -2.08. The van der Waals surface area contributed by atoms with Crippen molar-refractivity contribution in [3.63, 3.8) is 0 Å². The Labute approximate surface area is 425 Å². The highest BCUT2D eigenvalue weighted by Crippen LogP contribution is 2.45. The second-order valence-electron chi connectivity index (χ2n) is 18.1. The van der Waals surface area contributed by atoms with Crippen LogP contribution >= 0.6 is 0 Å². The van der Waals surface area contributed by atoms with Crippen LogP contribution in [0, 0.1) is 65.7 Å². The summed E-state index contributed by atoms with van der Waals surface area (Å²) in [6.45, 7) is 11.4. The van der Waals surface area contributed by atoms with Crippen molar-refractivity contribution >= 4 is 49.3 Å². The first kappa shape index (κ1) is 44.3. The van der Waals surface area contributed by atoms with Gasteiger partial charge in [-0.25, -0.2) is 19.8 Å². The van der Waals surface area contributed by atoms with Crippen LogP contribution in [0.15, 0.2) is 182 Å². The fourth-order valence-corrected chi connectivity index (χ4v) is 10.3. The van der Waals surface area contributed by atoms with E-state index < -0.39 is 0 Å². The Morgan fingerprint density at radius 2 is 0.716 bits per heavy atom. The largest absolute Gasteiger partial charge is 0.308 e. The molecule has 0 N–H and O–H groups in total. The molecule has 0 atom stereocenters. The SMILES string of the molecule is [C-]#[N+]c1cccc(-c2ccc3c(c2)c2cc(-c4cccc(C#N)c4)ccc2n3-c2cc(C#N)cc(-n3c4ccc(-c5cccc(C#N)c5)cc4c4cc(-c5cccc(C#N)c5)ccc43)c2-c2nc(C)nc(C)n2)c1. The molecule has 0 saturated heterocycles. The zero-order valence-corrected chi connectivity index (χ0v) is 39.8. The number of aryl methyl sites for hydroxylation is 2. The second kappa shape index (κ2) is 17.8. The fourth-order valence-electron chi connectivity index (χ4n) is 10.3. The quantitative estimate of drug-likeness (QED) is 0.144. The van der Waals surface area contributed by atoms with Gasteiger partial charge in [-0.15, -0.1) is 0 Å². The van der Waals surface area contributed by atoms with Gasteiger partial charge in [0.25, 0.3) is 0 Å². The predicted molar refractivity (Wildman–Crippen MR) is 290 cm³/mol. The minimum Gasteiger partial charge on any atom is -0.308 e. The standard InChI is InChI=1S/C64H36N10/c1-38-70-39(2)72-64(71-38)63-61(73-57-20-16-48(44-11-4-8-40(24-44)34-65)30-53(57)54-31-49(17-21-58(54)73)45-12-5-9-41(25-45)35-66)27-43(37-68)28-62(63)74-59-22-18-50(46-13-6-10-42(26-46)36-67)32-55(59)56-33-51(19-23-60(56)74)47-14-7-15-52(29-47)69-3/h4-33H,1-2H3. The van der Waals surface area contributed by atoms with E-state index in [-0.39, 0.29) is 0 Å². The van der Waals surface area contributed by atoms with Gasteiger partial charge in [-0.3, -0.25) is 0 Å². The van der Waals surface area contributed by atoms with Crippen molar-refractivity contribution in [2.24, 2.45) is 0 Å². The maximum absolute atomic E-state index is 11.1. The highest BCUT2D eigenvalue weighted by atomic mass is 15.1. The molecule has 74 heavy (non-hydrogen) atoms. The van der Waals surface area contributed by atoms with Crippen LogP contribution in [-0.2, 0) is 0 Å². The minimum absolute atomic E-state index is 0.402. The van der Waals surface area contributed by atoms with Gasteiger partial charge < -0.3 is 9.13 Å². The van der Waals surface area contributed by atoms with E-state index in [4.69, 9.17) is 16.5 Å². The summed E-state index contributed by atoms with van der Waals surface area (Å²) in [6.07, 6.45) is 0. The Morgan fingerprint density at radius 1 is 0.378 bits per heavy atom. The molecule has 12 rings (SSSR count). The topological polar surface area (TPSA) is 148 Å². The van der Waals surface area contributed by atoms with Crippen LogP contribution in [0.1, 0.15) is 33.9 Å². The number of aromatic nitrogens is 5. The number of hydrogen-bond donors (Lipinski definition) is 0. The molecule has 342 valence electrons. The summed E-state index contributed by atoms with van der Waals surface area (Å²) < 4.78 is 4.36. The lowest BCUT2D eigenvalue weighted by atomic mass is 9.99. The van der Waals surface area contributed by atoms with Crippen molar-refractivity contribution in [1.29, 1.82) is 21.0 Å². The summed E-state index contributed by atoms with van der Waals surface area (Å²) in [5.74, 6) is 1.48. The molecule has 0 unspecified atom stereocenters. The number of nitriles is 4. The molecule has 0 radical (unpaired) electrons. The lowest BCUT2D eigenvalue weighted by molar-refractivity contribution is 0.924. The molecule has 0 bridgehead atoms. The smallest absolute Gasteiger partial charge is 0.187 e. The number of nitrogens with zero attached hydrogens (tertiary/aromatic N) is 10. The summed E-state index contributed by atoms with van der Waals surface area (Å²) in [5.41, 5.74) is 15.3. The third kappa shape index (κ3) is 7.52. The van der Waals surface area contributed by atoms with Crippen LogP contribution in [0.4, 0.5) is 5.69 Å². The number of fused-ring (bicyclic) bond motifs is 6. The monoisotopic (exact) mass is 944 g/mol. The van der Waals surface area contributed by atoms with E-state index in [1.807, 2.05) is 98.8 Å². The van der Waals surface area contributed by atoms with Gasteiger partial charge in [0, 0.05) is 21.5 Å². The first-order valence-corrected chi connectivity index (χ1v) is 23.7. The third-order valence-corrected chi connectivity index (χ3v) is 13.6. The molecule has 10 nitrogen and oxygen atoms in total. The highest BCUT2D eigenvalue weighted by Gasteiger charge is 2.26. The van der Waals surface area contributed by atoms with E-state index in [1.54, 1.807) is 24.3 Å². The maximum atomic E-state index is 11.1. The number of hydrogen-bond acceptors (Lipinski definition) is 7. The van der Waals surface area contributed by atoms with Crippen molar-refractivity contribution < 1.29 is 0 Å². The van der Waals surface area contributed by atoms with Gasteiger partial charge in [-0.2, -0.15) is 21.0 Å². The Bertz CT molecular complexity index is 4090. The fraction of sp³-hybridized carbons (Fsp3) is 0.0312. The second-order valence-corrected chi connectivity index (χ2v) is 18.1.